The van der Waals surface area contributed by atoms with Gasteiger partial charge >= 0.3 is 11.9 Å². The Bertz CT molecular complexity index is 1680. The van der Waals surface area contributed by atoms with Crippen molar-refractivity contribution in [2.75, 3.05) is 18.6 Å². The highest BCUT2D eigenvalue weighted by molar-refractivity contribution is 7.17. The van der Waals surface area contributed by atoms with Crippen molar-refractivity contribution in [3.8, 4) is 5.75 Å². The summed E-state index contributed by atoms with van der Waals surface area (Å²) in [4.78, 5) is 50.1. The second-order valence-corrected chi connectivity index (χ2v) is 9.99. The molecule has 0 radical (unpaired) electrons. The Kier molecular flexibility index (Phi) is 6.69. The van der Waals surface area contributed by atoms with Crippen LogP contribution >= 0.6 is 11.3 Å². The van der Waals surface area contributed by atoms with Gasteiger partial charge < -0.3 is 19.0 Å². The molecule has 0 aliphatic carbocycles. The summed E-state index contributed by atoms with van der Waals surface area (Å²) < 4.78 is 12.3. The van der Waals surface area contributed by atoms with E-state index < -0.39 is 29.5 Å². The number of hydrogen-bond acceptors (Lipinski definition) is 9. The number of thiazole rings is 1. The summed E-state index contributed by atoms with van der Waals surface area (Å²) in [5, 5.41) is 11.7. The molecule has 0 bridgehead atoms. The van der Waals surface area contributed by atoms with Crippen LogP contribution in [-0.2, 0) is 14.3 Å². The van der Waals surface area contributed by atoms with Crippen LogP contribution < -0.4 is 9.64 Å². The van der Waals surface area contributed by atoms with Gasteiger partial charge in [-0.25, -0.2) is 14.8 Å². The van der Waals surface area contributed by atoms with Crippen molar-refractivity contribution in [1.29, 1.82) is 0 Å². The summed E-state index contributed by atoms with van der Waals surface area (Å²) in [6.45, 7) is 7.18. The molecule has 1 atom stereocenters. The first-order valence-electron chi connectivity index (χ1n) is 12.2. The molecule has 11 heteroatoms. The molecule has 200 valence electrons. The first-order valence-corrected chi connectivity index (χ1v) is 13.0. The Morgan fingerprint density at radius 2 is 1.90 bits per heavy atom. The van der Waals surface area contributed by atoms with Crippen LogP contribution in [-0.4, -0.2) is 50.9 Å². The molecule has 10 nitrogen and oxygen atoms in total. The van der Waals surface area contributed by atoms with Crippen LogP contribution in [0.2, 0.25) is 0 Å². The third-order valence-electron chi connectivity index (χ3n) is 6.61. The first kappa shape index (κ1) is 26.1. The molecule has 0 saturated carbocycles. The molecule has 1 aromatic carbocycles. The number of Topliss-reactive ketones (excluding diaryl/α,β-unsaturated/α-hetero) is 1. The van der Waals surface area contributed by atoms with Crippen molar-refractivity contribution in [2.45, 2.75) is 33.7 Å². The molecular formula is C28H26N4O6S. The molecule has 3 aromatic heterocycles. The summed E-state index contributed by atoms with van der Waals surface area (Å²) in [5.41, 5.74) is 3.05. The number of anilines is 1. The van der Waals surface area contributed by atoms with Crippen LogP contribution in [0.25, 0.3) is 11.4 Å². The minimum Gasteiger partial charge on any atom is -0.505 e. The standard InChI is InChI=1S/C28H26N4O6S/c1-6-38-27(36)24-15(3)29-28(39-24)32-21(17-10-7-11-18(13-17)37-5)19(23(34)26(32)35)22(33)20-16(4)31-12-8-9-14(2)25(31)30-20/h7-13,21,33H,6H2,1-5H3/b22-19+. The molecule has 4 heterocycles. The highest BCUT2D eigenvalue weighted by atomic mass is 32.1. The maximum Gasteiger partial charge on any atom is 0.350 e. The molecule has 1 aliphatic rings. The number of ether oxygens (including phenoxy) is 2. The predicted molar refractivity (Wildman–Crippen MR) is 145 cm³/mol. The zero-order chi connectivity index (χ0) is 28.0. The average Bonchev–Trinajstić information content (AvgIpc) is 3.56. The molecule has 1 amide bonds. The summed E-state index contributed by atoms with van der Waals surface area (Å²) >= 11 is 0.949. The van der Waals surface area contributed by atoms with Gasteiger partial charge in [0.25, 0.3) is 5.78 Å². The lowest BCUT2D eigenvalue weighted by Gasteiger charge is -2.23. The molecule has 1 aliphatic heterocycles. The number of aliphatic hydroxyl groups excluding tert-OH is 1. The van der Waals surface area contributed by atoms with Crippen LogP contribution in [0.3, 0.4) is 0 Å². The van der Waals surface area contributed by atoms with Crippen LogP contribution in [0.15, 0.2) is 48.2 Å². The Morgan fingerprint density at radius 3 is 2.59 bits per heavy atom. The second kappa shape index (κ2) is 9.99. The van der Waals surface area contributed by atoms with Gasteiger partial charge in [0.1, 0.15) is 22.0 Å². The van der Waals surface area contributed by atoms with E-state index in [9.17, 15) is 19.5 Å². The lowest BCUT2D eigenvalue weighted by Crippen LogP contribution is -2.29. The molecule has 1 saturated heterocycles. The van der Waals surface area contributed by atoms with Crippen LogP contribution in [0.1, 0.15) is 50.8 Å². The van der Waals surface area contributed by atoms with E-state index in [0.717, 1.165) is 16.9 Å². The Labute approximate surface area is 228 Å². The van der Waals surface area contributed by atoms with E-state index in [1.165, 1.54) is 12.0 Å². The number of aliphatic hydroxyl groups is 1. The molecule has 1 unspecified atom stereocenters. The number of ketones is 1. The second-order valence-electron chi connectivity index (χ2n) is 9.01. The van der Waals surface area contributed by atoms with Crippen LogP contribution in [0.5, 0.6) is 5.75 Å². The predicted octanol–water partition coefficient (Wildman–Crippen LogP) is 4.53. The van der Waals surface area contributed by atoms with E-state index in [4.69, 9.17) is 9.47 Å². The van der Waals surface area contributed by atoms with Crippen molar-refractivity contribution < 1.29 is 29.0 Å². The largest absolute Gasteiger partial charge is 0.505 e. The van der Waals surface area contributed by atoms with Gasteiger partial charge in [-0.1, -0.05) is 29.5 Å². The highest BCUT2D eigenvalue weighted by Gasteiger charge is 2.49. The van der Waals surface area contributed by atoms with Gasteiger partial charge in [-0.05, 0) is 57.0 Å². The van der Waals surface area contributed by atoms with Gasteiger partial charge in [0.05, 0.1) is 36.7 Å². The number of carbonyl (C=O) groups is 3. The normalized spacial score (nSPS) is 16.7. The van der Waals surface area contributed by atoms with E-state index in [1.54, 1.807) is 45.0 Å². The number of amides is 1. The minimum atomic E-state index is -1.05. The Hall–Kier alpha value is -4.51. The van der Waals surface area contributed by atoms with Crippen LogP contribution in [0, 0.1) is 20.8 Å². The number of imidazole rings is 1. The molecule has 1 fully saturated rings. The quantitative estimate of drug-likeness (QED) is 0.162. The Balaban J connectivity index is 1.74. The number of benzene rings is 1. The van der Waals surface area contributed by atoms with Crippen LogP contribution in [0.4, 0.5) is 5.13 Å². The first-order chi connectivity index (χ1) is 18.7. The van der Waals surface area contributed by atoms with Gasteiger partial charge in [0.15, 0.2) is 10.9 Å². The van der Waals surface area contributed by atoms with E-state index in [2.05, 4.69) is 9.97 Å². The summed E-state index contributed by atoms with van der Waals surface area (Å²) in [6.07, 6.45) is 1.81. The number of nitrogens with zero attached hydrogens (tertiary/aromatic N) is 4. The number of esters is 1. The van der Waals surface area contributed by atoms with Crippen molar-refractivity contribution in [3.05, 3.63) is 81.3 Å². The zero-order valence-corrected chi connectivity index (χ0v) is 22.8. The number of fused-ring (bicyclic) bond motifs is 1. The van der Waals surface area contributed by atoms with E-state index >= 15 is 0 Å². The molecule has 39 heavy (non-hydrogen) atoms. The number of pyridine rings is 1. The maximum atomic E-state index is 13.6. The van der Waals surface area contributed by atoms with Crippen molar-refractivity contribution in [3.63, 3.8) is 0 Å². The number of aromatic nitrogens is 3. The number of aryl methyl sites for hydroxylation is 3. The molecule has 1 N–H and O–H groups in total. The lowest BCUT2D eigenvalue weighted by atomic mass is 9.96. The van der Waals surface area contributed by atoms with Gasteiger partial charge in [0.2, 0.25) is 0 Å². The fraction of sp³-hybridized carbons (Fsp3) is 0.250. The van der Waals surface area contributed by atoms with Crippen molar-refractivity contribution >= 4 is 45.5 Å². The number of hydrogen-bond donors (Lipinski definition) is 1. The lowest BCUT2D eigenvalue weighted by molar-refractivity contribution is -0.132. The minimum absolute atomic E-state index is 0.132. The van der Waals surface area contributed by atoms with Crippen molar-refractivity contribution in [1.82, 2.24) is 14.4 Å². The molecule has 4 aromatic rings. The molecule has 0 spiro atoms. The van der Waals surface area contributed by atoms with Crippen molar-refractivity contribution in [2.24, 2.45) is 0 Å². The van der Waals surface area contributed by atoms with E-state index in [1.807, 2.05) is 29.7 Å². The zero-order valence-electron chi connectivity index (χ0n) is 22.0. The summed E-state index contributed by atoms with van der Waals surface area (Å²) in [5.74, 6) is -2.24. The number of rotatable bonds is 6. The topological polar surface area (TPSA) is 123 Å². The summed E-state index contributed by atoms with van der Waals surface area (Å²) in [6, 6.07) is 9.58. The van der Waals surface area contributed by atoms with Gasteiger partial charge in [-0.3, -0.25) is 14.5 Å². The smallest absolute Gasteiger partial charge is 0.350 e. The monoisotopic (exact) mass is 546 g/mol. The van der Waals surface area contributed by atoms with Gasteiger partial charge in [0, 0.05) is 6.20 Å². The molecule has 5 rings (SSSR count). The molecular weight excluding hydrogens is 520 g/mol. The number of methoxy groups -OCH3 is 1. The third-order valence-corrected chi connectivity index (χ3v) is 7.75. The maximum absolute atomic E-state index is 13.6. The van der Waals surface area contributed by atoms with Gasteiger partial charge in [-0.2, -0.15) is 0 Å². The Morgan fingerprint density at radius 1 is 1.13 bits per heavy atom. The number of carbonyl (C=O) groups excluding carboxylic acids is 3. The fourth-order valence-corrected chi connectivity index (χ4v) is 5.69. The average molecular weight is 547 g/mol. The van der Waals surface area contributed by atoms with Gasteiger partial charge in [-0.15, -0.1) is 0 Å². The van der Waals surface area contributed by atoms with E-state index in [0.29, 0.717) is 28.3 Å². The third kappa shape index (κ3) is 4.24. The summed E-state index contributed by atoms with van der Waals surface area (Å²) in [7, 11) is 1.51. The highest BCUT2D eigenvalue weighted by Crippen LogP contribution is 2.44. The fourth-order valence-electron chi connectivity index (χ4n) is 4.70. The SMILES string of the molecule is CCOC(=O)c1sc(N2C(=O)C(=O)/C(=C(/O)c3nc4c(C)cccn4c3C)C2c2cccc(OC)c2)nc1C. The van der Waals surface area contributed by atoms with E-state index in [-0.39, 0.29) is 27.9 Å².